The minimum atomic E-state index is -0.0912. The first kappa shape index (κ1) is 13.2. The molecule has 0 bridgehead atoms. The maximum atomic E-state index is 12.6. The van der Waals surface area contributed by atoms with Crippen LogP contribution in [0.5, 0.6) is 0 Å². The Hall–Kier alpha value is -3.48. The molecule has 2 aromatic carbocycles. The fourth-order valence-corrected chi connectivity index (χ4v) is 2.61. The molecular formula is C16H11N5O2. The van der Waals surface area contributed by atoms with Gasteiger partial charge >= 0.3 is 11.2 Å². The van der Waals surface area contributed by atoms with E-state index >= 15 is 0 Å². The van der Waals surface area contributed by atoms with Crippen LogP contribution in [-0.2, 0) is 0 Å². The highest BCUT2D eigenvalue weighted by molar-refractivity contribution is 5.73. The highest BCUT2D eigenvalue weighted by Crippen LogP contribution is 2.09. The number of benzene rings is 2. The van der Waals surface area contributed by atoms with Gasteiger partial charge < -0.3 is 10.4 Å². The Bertz CT molecular complexity index is 1110. The van der Waals surface area contributed by atoms with Crippen LogP contribution in [-0.4, -0.2) is 9.55 Å². The van der Waals surface area contributed by atoms with E-state index in [0.29, 0.717) is 15.1 Å². The molecule has 0 aliphatic heterocycles. The van der Waals surface area contributed by atoms with E-state index in [1.165, 1.54) is 10.9 Å². The molecule has 1 N–H and O–H groups in total. The van der Waals surface area contributed by atoms with Crippen molar-refractivity contribution in [1.29, 1.82) is 5.41 Å². The number of nitrogens with one attached hydrogen (secondary N) is 1. The summed E-state index contributed by atoms with van der Waals surface area (Å²) in [6, 6.07) is 15.6. The second-order valence-corrected chi connectivity index (χ2v) is 5.05. The summed E-state index contributed by atoms with van der Waals surface area (Å²) in [5.41, 5.74) is 0.889. The van der Waals surface area contributed by atoms with Crippen molar-refractivity contribution in [1.82, 2.24) is 9.55 Å². The number of aromatic nitrogens is 4. The van der Waals surface area contributed by atoms with E-state index in [-0.39, 0.29) is 27.7 Å². The predicted octanol–water partition coefficient (Wildman–Crippen LogP) is 0.925. The Balaban J connectivity index is 2.18. The second kappa shape index (κ2) is 4.77. The summed E-state index contributed by atoms with van der Waals surface area (Å²) in [5, 5.41) is 33.4. The largest absolute Gasteiger partial charge is 0.710 e. The summed E-state index contributed by atoms with van der Waals surface area (Å²) < 4.78 is 2.64. The zero-order chi connectivity index (χ0) is 16.0. The average Bonchev–Trinajstić information content (AvgIpc) is 2.60. The quantitative estimate of drug-likeness (QED) is 0.322. The van der Waals surface area contributed by atoms with Gasteiger partial charge in [0, 0.05) is 6.07 Å². The number of hydrogen-bond acceptors (Lipinski definition) is 4. The predicted molar refractivity (Wildman–Crippen MR) is 82.4 cm³/mol. The lowest BCUT2D eigenvalue weighted by atomic mass is 10.3. The zero-order valence-corrected chi connectivity index (χ0v) is 11.9. The van der Waals surface area contributed by atoms with Crippen LogP contribution in [0.3, 0.4) is 0 Å². The standard InChI is InChI=1S/C16H11N5O2/c17-15-14-16(18-10-19(15)11-6-2-1-3-7-11)21(23)13-9-5-4-8-12(13)20(14)22/h1-10,17H. The van der Waals surface area contributed by atoms with E-state index in [9.17, 15) is 10.4 Å². The normalized spacial score (nSPS) is 11.1. The molecule has 0 saturated heterocycles. The van der Waals surface area contributed by atoms with Crippen LogP contribution in [0.4, 0.5) is 0 Å². The van der Waals surface area contributed by atoms with Crippen molar-refractivity contribution in [3.05, 3.63) is 76.8 Å². The molecule has 0 saturated carbocycles. The van der Waals surface area contributed by atoms with Crippen LogP contribution in [0.15, 0.2) is 60.9 Å². The Morgan fingerprint density at radius 2 is 1.48 bits per heavy atom. The molecule has 0 atom stereocenters. The van der Waals surface area contributed by atoms with Gasteiger partial charge in [0.25, 0.3) is 5.52 Å². The molecule has 0 unspecified atom stereocenters. The van der Waals surface area contributed by atoms with Crippen molar-refractivity contribution in [2.24, 2.45) is 0 Å². The molecule has 0 fully saturated rings. The van der Waals surface area contributed by atoms with Crippen molar-refractivity contribution in [2.75, 3.05) is 0 Å². The summed E-state index contributed by atoms with van der Waals surface area (Å²) in [5.74, 6) is 0. The van der Waals surface area contributed by atoms with Gasteiger partial charge in [0.15, 0.2) is 0 Å². The first-order chi connectivity index (χ1) is 11.2. The first-order valence-corrected chi connectivity index (χ1v) is 6.93. The van der Waals surface area contributed by atoms with Crippen LogP contribution in [0.2, 0.25) is 0 Å². The molecule has 112 valence electrons. The van der Waals surface area contributed by atoms with E-state index in [2.05, 4.69) is 4.98 Å². The number of fused-ring (bicyclic) bond motifs is 2. The highest BCUT2D eigenvalue weighted by atomic mass is 16.5. The molecule has 4 rings (SSSR count). The molecule has 0 spiro atoms. The Morgan fingerprint density at radius 3 is 2.17 bits per heavy atom. The summed E-state index contributed by atoms with van der Waals surface area (Å²) in [4.78, 5) is 4.10. The van der Waals surface area contributed by atoms with E-state index < -0.39 is 0 Å². The van der Waals surface area contributed by atoms with Crippen molar-refractivity contribution >= 4 is 22.2 Å². The molecular weight excluding hydrogens is 294 g/mol. The zero-order valence-electron chi connectivity index (χ0n) is 11.9. The third kappa shape index (κ3) is 1.83. The van der Waals surface area contributed by atoms with Crippen LogP contribution in [0.1, 0.15) is 0 Å². The van der Waals surface area contributed by atoms with E-state index in [1.54, 1.807) is 36.4 Å². The molecule has 4 aromatic rings. The molecule has 23 heavy (non-hydrogen) atoms. The summed E-state index contributed by atoms with van der Waals surface area (Å²) in [6.07, 6.45) is 1.38. The van der Waals surface area contributed by atoms with E-state index in [4.69, 9.17) is 5.41 Å². The molecule has 0 amide bonds. The van der Waals surface area contributed by atoms with Crippen LogP contribution < -0.4 is 14.9 Å². The third-order valence-electron chi connectivity index (χ3n) is 3.72. The lowest BCUT2D eigenvalue weighted by molar-refractivity contribution is -0.593. The van der Waals surface area contributed by atoms with Crippen LogP contribution in [0.25, 0.3) is 27.9 Å². The third-order valence-corrected chi connectivity index (χ3v) is 3.72. The van der Waals surface area contributed by atoms with Crippen LogP contribution >= 0.6 is 0 Å². The smallest absolute Gasteiger partial charge is 0.406 e. The summed E-state index contributed by atoms with van der Waals surface area (Å²) >= 11 is 0. The number of hydrogen-bond donors (Lipinski definition) is 1. The minimum Gasteiger partial charge on any atom is -0.710 e. The van der Waals surface area contributed by atoms with Gasteiger partial charge in [-0.1, -0.05) is 30.3 Å². The van der Waals surface area contributed by atoms with Crippen LogP contribution in [0, 0.1) is 15.8 Å². The number of rotatable bonds is 1. The lowest BCUT2D eigenvalue weighted by Crippen LogP contribution is -2.44. The average molecular weight is 305 g/mol. The van der Waals surface area contributed by atoms with Gasteiger partial charge in [-0.15, -0.1) is 0 Å². The van der Waals surface area contributed by atoms with Gasteiger partial charge in [-0.3, -0.25) is 9.98 Å². The Labute approximate surface area is 130 Å². The molecule has 0 aliphatic carbocycles. The first-order valence-electron chi connectivity index (χ1n) is 6.93. The SMILES string of the molecule is N=c1c2c(ncn1-c1ccccc1)[n+]([O-])c1ccccc1[n+]2[O-]. The molecule has 2 aromatic heterocycles. The molecule has 0 aliphatic rings. The monoisotopic (exact) mass is 305 g/mol. The highest BCUT2D eigenvalue weighted by Gasteiger charge is 2.24. The van der Waals surface area contributed by atoms with Gasteiger partial charge in [0.2, 0.25) is 17.3 Å². The fraction of sp³-hybridized carbons (Fsp3) is 0. The maximum Gasteiger partial charge on any atom is 0.406 e. The lowest BCUT2D eigenvalue weighted by Gasteiger charge is -2.10. The molecule has 7 nitrogen and oxygen atoms in total. The van der Waals surface area contributed by atoms with Crippen molar-refractivity contribution in [2.45, 2.75) is 0 Å². The molecule has 7 heteroatoms. The van der Waals surface area contributed by atoms with Gasteiger partial charge in [0.05, 0.1) is 5.69 Å². The van der Waals surface area contributed by atoms with E-state index in [1.807, 2.05) is 18.2 Å². The number of nitrogens with zero attached hydrogens (tertiary/aromatic N) is 4. The maximum absolute atomic E-state index is 12.6. The topological polar surface area (TPSA) is 95.5 Å². The Kier molecular flexibility index (Phi) is 2.74. The van der Waals surface area contributed by atoms with Gasteiger partial charge in [-0.2, -0.15) is 4.73 Å². The summed E-state index contributed by atoms with van der Waals surface area (Å²) in [6.45, 7) is 0. The van der Waals surface area contributed by atoms with Crippen molar-refractivity contribution in [3.63, 3.8) is 0 Å². The van der Waals surface area contributed by atoms with Gasteiger partial charge in [-0.25, -0.2) is 4.73 Å². The second-order valence-electron chi connectivity index (χ2n) is 5.05. The molecule has 2 heterocycles. The van der Waals surface area contributed by atoms with E-state index in [0.717, 1.165) is 0 Å². The van der Waals surface area contributed by atoms with Gasteiger partial charge in [-0.05, 0) is 23.2 Å². The Morgan fingerprint density at radius 1 is 0.870 bits per heavy atom. The van der Waals surface area contributed by atoms with Gasteiger partial charge in [0.1, 0.15) is 0 Å². The van der Waals surface area contributed by atoms with Crippen molar-refractivity contribution < 1.29 is 9.46 Å². The minimum absolute atomic E-state index is 0.0648. The van der Waals surface area contributed by atoms with Crippen molar-refractivity contribution in [3.8, 4) is 5.69 Å². The molecule has 0 radical (unpaired) electrons. The summed E-state index contributed by atoms with van der Waals surface area (Å²) in [7, 11) is 0. The number of para-hydroxylation sites is 3. The fourth-order valence-electron chi connectivity index (χ4n) is 2.61.